The van der Waals surface area contributed by atoms with Crippen molar-refractivity contribution >= 4 is 0 Å². The topological polar surface area (TPSA) is 46.0 Å². The molecule has 1 fully saturated rings. The van der Waals surface area contributed by atoms with Gasteiger partial charge >= 0.3 is 0 Å². The second kappa shape index (κ2) is 6.68. The SMILES string of the molecule is CCCC1CNC(CC)(CC)CN1Cc1cn(C)nn1. The van der Waals surface area contributed by atoms with Gasteiger partial charge in [0.25, 0.3) is 0 Å². The molecule has 1 N–H and O–H groups in total. The third-order valence-electron chi connectivity index (χ3n) is 4.73. The van der Waals surface area contributed by atoms with E-state index in [0.29, 0.717) is 6.04 Å². The van der Waals surface area contributed by atoms with E-state index in [1.165, 1.54) is 25.7 Å². The zero-order valence-corrected chi connectivity index (χ0v) is 13.4. The fraction of sp³-hybridized carbons (Fsp3) is 0.867. The summed E-state index contributed by atoms with van der Waals surface area (Å²) in [5, 5.41) is 12.1. The molecule has 5 nitrogen and oxygen atoms in total. The Balaban J connectivity index is 2.10. The van der Waals surface area contributed by atoms with Gasteiger partial charge in [-0.05, 0) is 19.3 Å². The normalized spacial score (nSPS) is 23.1. The smallest absolute Gasteiger partial charge is 0.0967 e. The standard InChI is InChI=1S/C15H29N5/c1-5-8-14-9-16-15(6-2,7-3)12-20(14)11-13-10-19(4)18-17-13/h10,14,16H,5-9,11-12H2,1-4H3. The van der Waals surface area contributed by atoms with Crippen molar-refractivity contribution in [2.75, 3.05) is 13.1 Å². The van der Waals surface area contributed by atoms with Gasteiger partial charge in [0.2, 0.25) is 0 Å². The fourth-order valence-electron chi connectivity index (χ4n) is 3.24. The number of hydrogen-bond donors (Lipinski definition) is 1. The van der Waals surface area contributed by atoms with Crippen molar-refractivity contribution in [3.05, 3.63) is 11.9 Å². The highest BCUT2D eigenvalue weighted by molar-refractivity contribution is 5.00. The van der Waals surface area contributed by atoms with Gasteiger partial charge in [0.1, 0.15) is 0 Å². The molecule has 1 aromatic heterocycles. The predicted octanol–water partition coefficient (Wildman–Crippen LogP) is 1.95. The van der Waals surface area contributed by atoms with Crippen LogP contribution in [-0.2, 0) is 13.6 Å². The molecule has 0 aromatic carbocycles. The summed E-state index contributed by atoms with van der Waals surface area (Å²) in [5.74, 6) is 0. The molecule has 0 bridgehead atoms. The number of nitrogens with one attached hydrogen (secondary N) is 1. The van der Waals surface area contributed by atoms with Crippen LogP contribution >= 0.6 is 0 Å². The van der Waals surface area contributed by atoms with E-state index in [1.54, 1.807) is 4.68 Å². The van der Waals surface area contributed by atoms with Gasteiger partial charge < -0.3 is 5.32 Å². The van der Waals surface area contributed by atoms with Gasteiger partial charge in [-0.1, -0.05) is 32.4 Å². The van der Waals surface area contributed by atoms with Crippen molar-refractivity contribution in [3.63, 3.8) is 0 Å². The van der Waals surface area contributed by atoms with E-state index in [0.717, 1.165) is 25.3 Å². The Hall–Kier alpha value is -0.940. The molecule has 1 unspecified atom stereocenters. The molecule has 0 amide bonds. The molecule has 1 aliphatic rings. The highest BCUT2D eigenvalue weighted by atomic mass is 15.4. The average molecular weight is 279 g/mol. The third-order valence-corrected chi connectivity index (χ3v) is 4.73. The Labute approximate surface area is 122 Å². The largest absolute Gasteiger partial charge is 0.308 e. The fourth-order valence-corrected chi connectivity index (χ4v) is 3.24. The van der Waals surface area contributed by atoms with Gasteiger partial charge in [0, 0.05) is 44.5 Å². The Bertz CT molecular complexity index is 410. The first-order valence-electron chi connectivity index (χ1n) is 7.96. The first-order chi connectivity index (χ1) is 9.62. The minimum Gasteiger partial charge on any atom is -0.308 e. The molecular weight excluding hydrogens is 250 g/mol. The molecule has 0 aliphatic carbocycles. The van der Waals surface area contributed by atoms with Gasteiger partial charge in [-0.3, -0.25) is 9.58 Å². The van der Waals surface area contributed by atoms with Crippen LogP contribution in [0.1, 0.15) is 52.1 Å². The predicted molar refractivity (Wildman–Crippen MR) is 81.4 cm³/mol. The first-order valence-corrected chi connectivity index (χ1v) is 7.96. The molecule has 0 saturated carbocycles. The van der Waals surface area contributed by atoms with E-state index < -0.39 is 0 Å². The molecule has 1 atom stereocenters. The lowest BCUT2D eigenvalue weighted by Gasteiger charge is -2.47. The van der Waals surface area contributed by atoms with Crippen molar-refractivity contribution in [1.29, 1.82) is 0 Å². The van der Waals surface area contributed by atoms with E-state index >= 15 is 0 Å². The van der Waals surface area contributed by atoms with Crippen molar-refractivity contribution in [2.24, 2.45) is 7.05 Å². The number of aromatic nitrogens is 3. The zero-order chi connectivity index (χ0) is 14.6. The highest BCUT2D eigenvalue weighted by Gasteiger charge is 2.36. The van der Waals surface area contributed by atoms with Gasteiger partial charge in [0.15, 0.2) is 0 Å². The van der Waals surface area contributed by atoms with Crippen molar-refractivity contribution in [3.8, 4) is 0 Å². The number of rotatable bonds is 6. The number of piperazine rings is 1. The summed E-state index contributed by atoms with van der Waals surface area (Å²) in [6, 6.07) is 0.619. The molecule has 114 valence electrons. The van der Waals surface area contributed by atoms with E-state index in [2.05, 4.69) is 41.3 Å². The van der Waals surface area contributed by atoms with Crippen molar-refractivity contribution in [1.82, 2.24) is 25.2 Å². The van der Waals surface area contributed by atoms with Crippen LogP contribution in [0.2, 0.25) is 0 Å². The number of nitrogens with zero attached hydrogens (tertiary/aromatic N) is 4. The van der Waals surface area contributed by atoms with Crippen LogP contribution in [0.15, 0.2) is 6.20 Å². The van der Waals surface area contributed by atoms with E-state index in [-0.39, 0.29) is 5.54 Å². The molecular formula is C15H29N5. The zero-order valence-electron chi connectivity index (χ0n) is 13.4. The van der Waals surface area contributed by atoms with Gasteiger partial charge in [-0.25, -0.2) is 0 Å². The molecule has 2 rings (SSSR count). The van der Waals surface area contributed by atoms with E-state index in [4.69, 9.17) is 0 Å². The Morgan fingerprint density at radius 1 is 1.35 bits per heavy atom. The van der Waals surface area contributed by atoms with Gasteiger partial charge in [-0.15, -0.1) is 5.10 Å². The number of hydrogen-bond acceptors (Lipinski definition) is 4. The Morgan fingerprint density at radius 3 is 2.65 bits per heavy atom. The van der Waals surface area contributed by atoms with Crippen molar-refractivity contribution < 1.29 is 0 Å². The average Bonchev–Trinajstić information content (AvgIpc) is 2.86. The maximum Gasteiger partial charge on any atom is 0.0967 e. The molecule has 1 aliphatic heterocycles. The van der Waals surface area contributed by atoms with Crippen LogP contribution in [0, 0.1) is 0 Å². The molecule has 20 heavy (non-hydrogen) atoms. The molecule has 5 heteroatoms. The summed E-state index contributed by atoms with van der Waals surface area (Å²) >= 11 is 0. The number of aryl methyl sites for hydroxylation is 1. The highest BCUT2D eigenvalue weighted by Crippen LogP contribution is 2.25. The summed E-state index contributed by atoms with van der Waals surface area (Å²) < 4.78 is 1.79. The lowest BCUT2D eigenvalue weighted by Crippen LogP contribution is -2.63. The molecule has 0 radical (unpaired) electrons. The molecule has 1 aromatic rings. The Morgan fingerprint density at radius 2 is 2.10 bits per heavy atom. The summed E-state index contributed by atoms with van der Waals surface area (Å²) in [4.78, 5) is 2.61. The van der Waals surface area contributed by atoms with Crippen LogP contribution in [-0.4, -0.2) is 44.6 Å². The van der Waals surface area contributed by atoms with Crippen LogP contribution < -0.4 is 5.32 Å². The minimum atomic E-state index is 0.270. The van der Waals surface area contributed by atoms with Gasteiger partial charge in [0.05, 0.1) is 5.69 Å². The van der Waals surface area contributed by atoms with Crippen molar-refractivity contribution in [2.45, 2.75) is 64.6 Å². The summed E-state index contributed by atoms with van der Waals surface area (Å²) in [5.41, 5.74) is 1.35. The van der Waals surface area contributed by atoms with Crippen LogP contribution in [0.4, 0.5) is 0 Å². The lowest BCUT2D eigenvalue weighted by atomic mass is 9.87. The maximum absolute atomic E-state index is 4.25. The molecule has 0 spiro atoms. The summed E-state index contributed by atoms with van der Waals surface area (Å²) in [6.07, 6.45) is 6.87. The minimum absolute atomic E-state index is 0.270. The third kappa shape index (κ3) is 3.38. The maximum atomic E-state index is 4.25. The lowest BCUT2D eigenvalue weighted by molar-refractivity contribution is 0.0606. The summed E-state index contributed by atoms with van der Waals surface area (Å²) in [6.45, 7) is 9.97. The monoisotopic (exact) mass is 279 g/mol. The van der Waals surface area contributed by atoms with Crippen LogP contribution in [0.3, 0.4) is 0 Å². The molecule has 2 heterocycles. The summed E-state index contributed by atoms with van der Waals surface area (Å²) in [7, 11) is 1.93. The van der Waals surface area contributed by atoms with Gasteiger partial charge in [-0.2, -0.15) is 0 Å². The second-order valence-corrected chi connectivity index (χ2v) is 6.10. The van der Waals surface area contributed by atoms with Crippen LogP contribution in [0.25, 0.3) is 0 Å². The van der Waals surface area contributed by atoms with E-state index in [1.807, 2.05) is 13.2 Å². The first kappa shape index (κ1) is 15.4. The Kier molecular flexibility index (Phi) is 5.16. The molecule has 1 saturated heterocycles. The van der Waals surface area contributed by atoms with Crippen LogP contribution in [0.5, 0.6) is 0 Å². The quantitative estimate of drug-likeness (QED) is 0.864. The second-order valence-electron chi connectivity index (χ2n) is 6.10. The van der Waals surface area contributed by atoms with E-state index in [9.17, 15) is 0 Å².